The molecule has 0 spiro atoms. The first-order valence-corrected chi connectivity index (χ1v) is 15.0. The third kappa shape index (κ3) is 4.58. The number of amides is 2. The number of carbonyl (C=O) groups is 3. The monoisotopic (exact) mass is 574 g/mol. The molecule has 0 bridgehead atoms. The lowest BCUT2D eigenvalue weighted by molar-refractivity contribution is -0.137. The van der Waals surface area contributed by atoms with E-state index in [1.54, 1.807) is 36.1 Å². The minimum Gasteiger partial charge on any atom is -0.462 e. The number of hydrogen-bond donors (Lipinski definition) is 2. The van der Waals surface area contributed by atoms with Crippen LogP contribution in [0.2, 0.25) is 0 Å². The third-order valence-corrected chi connectivity index (χ3v) is 9.30. The summed E-state index contributed by atoms with van der Waals surface area (Å²) >= 11 is 0. The first-order chi connectivity index (χ1) is 21.0. The number of esters is 1. The largest absolute Gasteiger partial charge is 0.462 e. The van der Waals surface area contributed by atoms with Crippen LogP contribution in [0.5, 0.6) is 0 Å². The van der Waals surface area contributed by atoms with Gasteiger partial charge in [0.25, 0.3) is 0 Å². The Morgan fingerprint density at radius 1 is 0.860 bits per heavy atom. The van der Waals surface area contributed by atoms with Gasteiger partial charge in [0, 0.05) is 71.4 Å². The van der Waals surface area contributed by atoms with Crippen LogP contribution in [0.15, 0.2) is 85.2 Å². The average molecular weight is 575 g/mol. The van der Waals surface area contributed by atoms with Crippen LogP contribution in [0.25, 0.3) is 21.8 Å². The number of anilines is 1. The van der Waals surface area contributed by atoms with E-state index in [1.807, 2.05) is 17.0 Å². The summed E-state index contributed by atoms with van der Waals surface area (Å²) in [5, 5.41) is 2.41. The number of benzene rings is 3. The van der Waals surface area contributed by atoms with Crippen molar-refractivity contribution in [2.24, 2.45) is 5.92 Å². The summed E-state index contributed by atoms with van der Waals surface area (Å²) < 4.78 is 5.06. The van der Waals surface area contributed by atoms with Crippen LogP contribution in [0.3, 0.4) is 0 Å². The quantitative estimate of drug-likeness (QED) is 0.251. The standard InChI is InChI=1S/C35H34N4O4/c1-2-43-34(42)23-11-13-25(14-12-23)39-22-24(19-32(39)40)33(41)38-17-15-35(16-18-38,28-20-36-30-9-5-3-7-26(28)30)29-21-37-31-10-6-4-8-27(29)31/h3-14,20-21,24,36-37H,2,15-19,22H2,1H3/t24-/m0/s1. The molecule has 4 heterocycles. The van der Waals surface area contributed by atoms with Gasteiger partial charge in [-0.25, -0.2) is 4.79 Å². The van der Waals surface area contributed by atoms with Crippen molar-refractivity contribution in [3.05, 3.63) is 102 Å². The molecule has 5 aromatic rings. The van der Waals surface area contributed by atoms with Gasteiger partial charge in [0.15, 0.2) is 0 Å². The molecule has 2 aliphatic rings. The number of nitrogens with one attached hydrogen (secondary N) is 2. The number of fused-ring (bicyclic) bond motifs is 2. The molecule has 8 heteroatoms. The number of para-hydroxylation sites is 2. The lowest BCUT2D eigenvalue weighted by Gasteiger charge is -2.43. The highest BCUT2D eigenvalue weighted by Crippen LogP contribution is 2.47. The number of aromatic nitrogens is 2. The molecule has 2 saturated heterocycles. The fraction of sp³-hybridized carbons (Fsp3) is 0.286. The zero-order valence-electron chi connectivity index (χ0n) is 24.1. The zero-order chi connectivity index (χ0) is 29.6. The predicted molar refractivity (Wildman–Crippen MR) is 166 cm³/mol. The first-order valence-electron chi connectivity index (χ1n) is 15.0. The maximum Gasteiger partial charge on any atom is 0.338 e. The molecule has 1 atom stereocenters. The van der Waals surface area contributed by atoms with Gasteiger partial charge in [-0.05, 0) is 67.3 Å². The van der Waals surface area contributed by atoms with E-state index < -0.39 is 11.9 Å². The van der Waals surface area contributed by atoms with E-state index >= 15 is 0 Å². The highest BCUT2D eigenvalue weighted by molar-refractivity contribution is 6.01. The van der Waals surface area contributed by atoms with Crippen LogP contribution in [-0.4, -0.2) is 58.9 Å². The average Bonchev–Trinajstić information content (AvgIpc) is 3.78. The Hall–Kier alpha value is -4.85. The molecule has 2 aromatic heterocycles. The summed E-state index contributed by atoms with van der Waals surface area (Å²) in [4.78, 5) is 49.4. The lowest BCUT2D eigenvalue weighted by Crippen LogP contribution is -2.47. The van der Waals surface area contributed by atoms with Gasteiger partial charge in [-0.3, -0.25) is 9.59 Å². The molecule has 3 aromatic carbocycles. The van der Waals surface area contributed by atoms with Crippen LogP contribution in [0.4, 0.5) is 5.69 Å². The van der Waals surface area contributed by atoms with E-state index in [4.69, 9.17) is 4.74 Å². The van der Waals surface area contributed by atoms with Gasteiger partial charge in [-0.15, -0.1) is 0 Å². The SMILES string of the molecule is CCOC(=O)c1ccc(N2C[C@@H](C(=O)N3CCC(c4c[nH]c5ccccc45)(c4c[nH]c5ccccc45)CC3)CC2=O)cc1. The lowest BCUT2D eigenvalue weighted by atomic mass is 9.67. The van der Waals surface area contributed by atoms with Gasteiger partial charge >= 0.3 is 5.97 Å². The van der Waals surface area contributed by atoms with Crippen molar-refractivity contribution in [2.45, 2.75) is 31.6 Å². The molecule has 43 heavy (non-hydrogen) atoms. The second-order valence-electron chi connectivity index (χ2n) is 11.6. The highest BCUT2D eigenvalue weighted by atomic mass is 16.5. The fourth-order valence-corrected chi connectivity index (χ4v) is 7.10. The molecule has 2 amide bonds. The Bertz CT molecular complexity index is 1750. The van der Waals surface area contributed by atoms with Gasteiger partial charge < -0.3 is 24.5 Å². The normalized spacial score (nSPS) is 18.4. The van der Waals surface area contributed by atoms with Crippen molar-refractivity contribution < 1.29 is 19.1 Å². The van der Waals surface area contributed by atoms with Crippen LogP contribution < -0.4 is 4.90 Å². The molecule has 218 valence electrons. The minimum atomic E-state index is -0.397. The number of hydrogen-bond acceptors (Lipinski definition) is 4. The van der Waals surface area contributed by atoms with E-state index in [9.17, 15) is 14.4 Å². The van der Waals surface area contributed by atoms with E-state index in [-0.39, 0.29) is 23.7 Å². The smallest absolute Gasteiger partial charge is 0.338 e. The van der Waals surface area contributed by atoms with Crippen LogP contribution >= 0.6 is 0 Å². The molecular formula is C35H34N4O4. The van der Waals surface area contributed by atoms with Crippen LogP contribution in [0, 0.1) is 5.92 Å². The van der Waals surface area contributed by atoms with Crippen molar-refractivity contribution in [3.8, 4) is 0 Å². The molecular weight excluding hydrogens is 540 g/mol. The Morgan fingerprint density at radius 2 is 1.44 bits per heavy atom. The maximum absolute atomic E-state index is 13.8. The predicted octanol–water partition coefficient (Wildman–Crippen LogP) is 5.79. The van der Waals surface area contributed by atoms with Crippen molar-refractivity contribution in [3.63, 3.8) is 0 Å². The number of nitrogens with zero attached hydrogens (tertiary/aromatic N) is 2. The number of piperidine rings is 1. The fourth-order valence-electron chi connectivity index (χ4n) is 7.10. The number of H-pyrrole nitrogens is 2. The summed E-state index contributed by atoms with van der Waals surface area (Å²) in [6, 6.07) is 23.6. The molecule has 2 aliphatic heterocycles. The first kappa shape index (κ1) is 27.0. The molecule has 0 radical (unpaired) electrons. The van der Waals surface area contributed by atoms with Gasteiger partial charge in [0.05, 0.1) is 18.1 Å². The molecule has 2 fully saturated rings. The van der Waals surface area contributed by atoms with Crippen molar-refractivity contribution in [1.29, 1.82) is 0 Å². The zero-order valence-corrected chi connectivity index (χ0v) is 24.1. The van der Waals surface area contributed by atoms with E-state index in [1.165, 1.54) is 21.9 Å². The van der Waals surface area contributed by atoms with Crippen LogP contribution in [-0.2, 0) is 19.7 Å². The van der Waals surface area contributed by atoms with Crippen molar-refractivity contribution >= 4 is 45.3 Å². The summed E-state index contributed by atoms with van der Waals surface area (Å²) in [7, 11) is 0. The van der Waals surface area contributed by atoms with Crippen molar-refractivity contribution in [2.75, 3.05) is 31.1 Å². The Balaban J connectivity index is 1.12. The molecule has 0 saturated carbocycles. The molecule has 2 N–H and O–H groups in total. The topological polar surface area (TPSA) is 98.5 Å². The Labute approximate surface area is 249 Å². The molecule has 7 rings (SSSR count). The number of aromatic amines is 2. The Kier molecular flexibility index (Phi) is 6.76. The van der Waals surface area contributed by atoms with Gasteiger partial charge in [-0.2, -0.15) is 0 Å². The van der Waals surface area contributed by atoms with Gasteiger partial charge in [-0.1, -0.05) is 36.4 Å². The van der Waals surface area contributed by atoms with E-state index in [0.717, 1.165) is 23.9 Å². The molecule has 8 nitrogen and oxygen atoms in total. The van der Waals surface area contributed by atoms with E-state index in [2.05, 4.69) is 58.8 Å². The molecule has 0 aliphatic carbocycles. The molecule has 0 unspecified atom stereocenters. The van der Waals surface area contributed by atoms with Gasteiger partial charge in [0.1, 0.15) is 0 Å². The third-order valence-electron chi connectivity index (χ3n) is 9.30. The van der Waals surface area contributed by atoms with Gasteiger partial charge in [0.2, 0.25) is 11.8 Å². The second kappa shape index (κ2) is 10.8. The number of rotatable bonds is 6. The van der Waals surface area contributed by atoms with Crippen molar-refractivity contribution in [1.82, 2.24) is 14.9 Å². The van der Waals surface area contributed by atoms with Crippen LogP contribution in [0.1, 0.15) is 47.7 Å². The summed E-state index contributed by atoms with van der Waals surface area (Å²) in [6.45, 7) is 3.62. The second-order valence-corrected chi connectivity index (χ2v) is 11.6. The Morgan fingerprint density at radius 3 is 2.02 bits per heavy atom. The maximum atomic E-state index is 13.8. The number of ether oxygens (including phenoxy) is 1. The van der Waals surface area contributed by atoms with E-state index in [0.29, 0.717) is 37.5 Å². The minimum absolute atomic E-state index is 0.0328. The summed E-state index contributed by atoms with van der Waals surface area (Å²) in [5.41, 5.74) is 5.58. The summed E-state index contributed by atoms with van der Waals surface area (Å²) in [5.74, 6) is -0.834. The number of carbonyl (C=O) groups excluding carboxylic acids is 3. The summed E-state index contributed by atoms with van der Waals surface area (Å²) in [6.07, 6.45) is 6.03. The highest BCUT2D eigenvalue weighted by Gasteiger charge is 2.44. The number of likely N-dealkylation sites (tertiary alicyclic amines) is 1.